The first-order valence-corrected chi connectivity index (χ1v) is 7.20. The molecule has 2 aromatic rings. The highest BCUT2D eigenvalue weighted by Crippen LogP contribution is 2.28. The minimum absolute atomic E-state index is 0.736. The average molecular weight is 293 g/mol. The van der Waals surface area contributed by atoms with Crippen LogP contribution >= 0.6 is 11.6 Å². The van der Waals surface area contributed by atoms with Gasteiger partial charge in [0.1, 0.15) is 0 Å². The first kappa shape index (κ1) is 14.7. The Hall–Kier alpha value is -1.68. The van der Waals surface area contributed by atoms with Crippen LogP contribution in [0.1, 0.15) is 18.9 Å². The van der Waals surface area contributed by atoms with Gasteiger partial charge in [-0.2, -0.15) is 5.10 Å². The van der Waals surface area contributed by atoms with E-state index in [2.05, 4.69) is 28.4 Å². The van der Waals surface area contributed by atoms with Crippen LogP contribution in [0.4, 0.5) is 11.4 Å². The second-order valence-corrected chi connectivity index (χ2v) is 5.46. The maximum absolute atomic E-state index is 6.07. The van der Waals surface area contributed by atoms with Crippen molar-refractivity contribution in [3.05, 3.63) is 41.2 Å². The van der Waals surface area contributed by atoms with E-state index in [-0.39, 0.29) is 0 Å². The Bertz CT molecular complexity index is 563. The van der Waals surface area contributed by atoms with Crippen LogP contribution in [0.2, 0.25) is 5.02 Å². The second-order valence-electron chi connectivity index (χ2n) is 5.02. The van der Waals surface area contributed by atoms with Crippen LogP contribution in [-0.4, -0.2) is 23.9 Å². The molecule has 4 nitrogen and oxygen atoms in total. The van der Waals surface area contributed by atoms with Gasteiger partial charge in [0.2, 0.25) is 0 Å². The van der Waals surface area contributed by atoms with Gasteiger partial charge in [-0.25, -0.2) is 0 Å². The molecule has 1 heterocycles. The zero-order valence-corrected chi connectivity index (χ0v) is 13.0. The normalized spacial score (nSPS) is 10.6. The van der Waals surface area contributed by atoms with E-state index in [1.54, 1.807) is 0 Å². The highest BCUT2D eigenvalue weighted by atomic mass is 35.5. The van der Waals surface area contributed by atoms with Crippen molar-refractivity contribution in [2.75, 3.05) is 24.3 Å². The Morgan fingerprint density at radius 2 is 2.15 bits per heavy atom. The zero-order chi connectivity index (χ0) is 14.5. The summed E-state index contributed by atoms with van der Waals surface area (Å²) in [6.07, 6.45) is 5.08. The monoisotopic (exact) mass is 292 g/mol. The van der Waals surface area contributed by atoms with E-state index in [1.807, 2.05) is 43.2 Å². The van der Waals surface area contributed by atoms with Crippen LogP contribution < -0.4 is 10.2 Å². The number of aromatic nitrogens is 2. The molecule has 0 atom stereocenters. The summed E-state index contributed by atoms with van der Waals surface area (Å²) in [6.45, 7) is 3.85. The largest absolute Gasteiger partial charge is 0.379 e. The molecule has 108 valence electrons. The molecule has 0 bridgehead atoms. The number of benzene rings is 1. The van der Waals surface area contributed by atoms with Crippen molar-refractivity contribution in [1.82, 2.24) is 9.78 Å². The Morgan fingerprint density at radius 1 is 1.35 bits per heavy atom. The Balaban J connectivity index is 2.07. The molecule has 0 saturated heterocycles. The minimum Gasteiger partial charge on any atom is -0.379 e. The van der Waals surface area contributed by atoms with Crippen LogP contribution in [0.25, 0.3) is 0 Å². The number of halogens is 1. The van der Waals surface area contributed by atoms with E-state index >= 15 is 0 Å². The molecule has 0 amide bonds. The molecule has 0 aliphatic rings. The van der Waals surface area contributed by atoms with Gasteiger partial charge in [0, 0.05) is 44.0 Å². The molecule has 0 radical (unpaired) electrons. The molecule has 0 fully saturated rings. The lowest BCUT2D eigenvalue weighted by molar-refractivity contribution is 0.602. The third-order valence-corrected chi connectivity index (χ3v) is 3.30. The van der Waals surface area contributed by atoms with E-state index in [0.717, 1.165) is 35.9 Å². The zero-order valence-electron chi connectivity index (χ0n) is 12.2. The van der Waals surface area contributed by atoms with E-state index in [1.165, 1.54) is 5.56 Å². The molecule has 0 spiro atoms. The minimum atomic E-state index is 0.736. The summed E-state index contributed by atoms with van der Waals surface area (Å²) in [5.74, 6) is 0. The van der Waals surface area contributed by atoms with Gasteiger partial charge in [-0.15, -0.1) is 0 Å². The molecule has 5 heteroatoms. The molecule has 0 unspecified atom stereocenters. The van der Waals surface area contributed by atoms with Crippen molar-refractivity contribution in [3.63, 3.8) is 0 Å². The highest BCUT2D eigenvalue weighted by Gasteiger charge is 2.06. The van der Waals surface area contributed by atoms with E-state index < -0.39 is 0 Å². The molecule has 0 aliphatic heterocycles. The summed E-state index contributed by atoms with van der Waals surface area (Å²) in [7, 11) is 4.04. The maximum Gasteiger partial charge on any atom is 0.0597 e. The van der Waals surface area contributed by atoms with Crippen LogP contribution in [0.15, 0.2) is 30.6 Å². The van der Waals surface area contributed by atoms with Crippen molar-refractivity contribution < 1.29 is 0 Å². The smallest absolute Gasteiger partial charge is 0.0597 e. The number of hydrogen-bond acceptors (Lipinski definition) is 3. The predicted octanol–water partition coefficient (Wildman–Crippen LogP) is 3.62. The molecular formula is C15H21ClN4. The van der Waals surface area contributed by atoms with Crippen LogP contribution in [0.5, 0.6) is 0 Å². The number of nitrogens with zero attached hydrogens (tertiary/aromatic N) is 3. The molecule has 1 aromatic carbocycles. The van der Waals surface area contributed by atoms with E-state index in [4.69, 9.17) is 11.6 Å². The Labute approximate surface area is 125 Å². The number of anilines is 2. The number of nitrogens with one attached hydrogen (secondary N) is 1. The van der Waals surface area contributed by atoms with Gasteiger partial charge in [-0.1, -0.05) is 18.5 Å². The van der Waals surface area contributed by atoms with Gasteiger partial charge in [0.25, 0.3) is 0 Å². The summed E-state index contributed by atoms with van der Waals surface area (Å²) in [5.41, 5.74) is 3.32. The first-order valence-electron chi connectivity index (χ1n) is 6.82. The fourth-order valence-corrected chi connectivity index (χ4v) is 2.26. The molecular weight excluding hydrogens is 272 g/mol. The first-order chi connectivity index (χ1) is 9.60. The van der Waals surface area contributed by atoms with Crippen LogP contribution in [-0.2, 0) is 13.1 Å². The van der Waals surface area contributed by atoms with Crippen molar-refractivity contribution in [1.29, 1.82) is 0 Å². The van der Waals surface area contributed by atoms with Crippen LogP contribution in [0, 0.1) is 0 Å². The summed E-state index contributed by atoms with van der Waals surface area (Å²) in [6, 6.07) is 5.87. The molecule has 2 rings (SSSR count). The third-order valence-electron chi connectivity index (χ3n) is 3.06. The summed E-state index contributed by atoms with van der Waals surface area (Å²) < 4.78 is 1.97. The summed E-state index contributed by atoms with van der Waals surface area (Å²) in [5, 5.41) is 8.50. The molecule has 20 heavy (non-hydrogen) atoms. The second kappa shape index (κ2) is 6.66. The van der Waals surface area contributed by atoms with E-state index in [9.17, 15) is 0 Å². The third kappa shape index (κ3) is 3.67. The van der Waals surface area contributed by atoms with Gasteiger partial charge in [0.05, 0.1) is 17.6 Å². The lowest BCUT2D eigenvalue weighted by atomic mass is 10.2. The van der Waals surface area contributed by atoms with Crippen LogP contribution in [0.3, 0.4) is 0 Å². The predicted molar refractivity (Wildman–Crippen MR) is 85.6 cm³/mol. The Kier molecular flexibility index (Phi) is 4.90. The maximum atomic E-state index is 6.07. The van der Waals surface area contributed by atoms with Gasteiger partial charge in [-0.05, 0) is 24.6 Å². The van der Waals surface area contributed by atoms with Crippen molar-refractivity contribution in [3.8, 4) is 0 Å². The van der Waals surface area contributed by atoms with E-state index in [0.29, 0.717) is 0 Å². The number of hydrogen-bond donors (Lipinski definition) is 1. The standard InChI is InChI=1S/C15H21ClN4/c1-4-7-20-11-12(10-18-20)9-17-14-8-13(16)5-6-15(14)19(2)3/h5-6,8,10-11,17H,4,7,9H2,1-3H3. The number of aryl methyl sites for hydroxylation is 1. The summed E-state index contributed by atoms with van der Waals surface area (Å²) >= 11 is 6.07. The lowest BCUT2D eigenvalue weighted by Gasteiger charge is -2.18. The van der Waals surface area contributed by atoms with Gasteiger partial charge >= 0.3 is 0 Å². The fourth-order valence-electron chi connectivity index (χ4n) is 2.09. The number of rotatable bonds is 6. The lowest BCUT2D eigenvalue weighted by Crippen LogP contribution is -2.12. The van der Waals surface area contributed by atoms with Gasteiger partial charge in [0.15, 0.2) is 0 Å². The molecule has 1 N–H and O–H groups in total. The highest BCUT2D eigenvalue weighted by molar-refractivity contribution is 6.31. The summed E-state index contributed by atoms with van der Waals surface area (Å²) in [4.78, 5) is 2.07. The topological polar surface area (TPSA) is 33.1 Å². The van der Waals surface area contributed by atoms with Crippen molar-refractivity contribution in [2.45, 2.75) is 26.4 Å². The van der Waals surface area contributed by atoms with Gasteiger partial charge in [-0.3, -0.25) is 4.68 Å². The molecule has 0 aliphatic carbocycles. The fraction of sp³-hybridized carbons (Fsp3) is 0.400. The quantitative estimate of drug-likeness (QED) is 0.883. The van der Waals surface area contributed by atoms with Crippen molar-refractivity contribution >= 4 is 23.0 Å². The average Bonchev–Trinajstić information content (AvgIpc) is 2.84. The Morgan fingerprint density at radius 3 is 2.85 bits per heavy atom. The van der Waals surface area contributed by atoms with Gasteiger partial charge < -0.3 is 10.2 Å². The van der Waals surface area contributed by atoms with Crippen molar-refractivity contribution in [2.24, 2.45) is 0 Å². The SMILES string of the molecule is CCCn1cc(CNc2cc(Cl)ccc2N(C)C)cn1. The molecule has 0 saturated carbocycles. The molecule has 1 aromatic heterocycles.